The van der Waals surface area contributed by atoms with E-state index in [1.54, 1.807) is 11.0 Å². The van der Waals surface area contributed by atoms with Crippen molar-refractivity contribution in [1.82, 2.24) is 5.32 Å². The number of carbonyl (C=O) groups excluding carboxylic acids is 2. The zero-order valence-corrected chi connectivity index (χ0v) is 12.0. The van der Waals surface area contributed by atoms with E-state index in [1.807, 2.05) is 32.0 Å². The van der Waals surface area contributed by atoms with Crippen molar-refractivity contribution in [1.29, 1.82) is 0 Å². The van der Waals surface area contributed by atoms with E-state index < -0.39 is 5.54 Å². The van der Waals surface area contributed by atoms with Crippen LogP contribution in [-0.2, 0) is 4.79 Å². The molecular formula is C16H20N2O2. The van der Waals surface area contributed by atoms with E-state index in [4.69, 9.17) is 0 Å². The Labute approximate surface area is 119 Å². The molecule has 2 amide bonds. The van der Waals surface area contributed by atoms with Crippen LogP contribution in [-0.4, -0.2) is 23.9 Å². The fraction of sp³-hybridized carbons (Fsp3) is 0.500. The first kappa shape index (κ1) is 13.2. The minimum Gasteiger partial charge on any atom is -0.338 e. The van der Waals surface area contributed by atoms with Crippen LogP contribution in [0.25, 0.3) is 0 Å². The fourth-order valence-corrected chi connectivity index (χ4v) is 3.03. The van der Waals surface area contributed by atoms with E-state index in [9.17, 15) is 9.59 Å². The molecule has 4 nitrogen and oxygen atoms in total. The third-order valence-corrected chi connectivity index (χ3v) is 4.34. The van der Waals surface area contributed by atoms with Crippen LogP contribution in [0.1, 0.15) is 43.5 Å². The molecule has 1 atom stereocenters. The number of fused-ring (bicyclic) bond motifs is 1. The number of anilines is 1. The fourth-order valence-electron chi connectivity index (χ4n) is 3.03. The normalized spacial score (nSPS) is 26.0. The third-order valence-electron chi connectivity index (χ3n) is 4.34. The summed E-state index contributed by atoms with van der Waals surface area (Å²) < 4.78 is 0. The van der Waals surface area contributed by atoms with Crippen molar-refractivity contribution < 1.29 is 9.59 Å². The molecule has 0 saturated heterocycles. The molecule has 3 rings (SSSR count). The highest BCUT2D eigenvalue weighted by Crippen LogP contribution is 2.42. The highest BCUT2D eigenvalue weighted by atomic mass is 16.2. The minimum atomic E-state index is -0.759. The van der Waals surface area contributed by atoms with Crippen molar-refractivity contribution in [3.63, 3.8) is 0 Å². The second-order valence-corrected chi connectivity index (χ2v) is 5.90. The largest absolute Gasteiger partial charge is 0.338 e. The lowest BCUT2D eigenvalue weighted by atomic mass is 9.94. The number of hydrogen-bond donors (Lipinski definition) is 1. The lowest BCUT2D eigenvalue weighted by molar-refractivity contribution is -0.124. The summed E-state index contributed by atoms with van der Waals surface area (Å²) >= 11 is 0. The number of amides is 2. The molecule has 1 unspecified atom stereocenters. The number of benzene rings is 1. The molecule has 1 fully saturated rings. The molecule has 1 saturated carbocycles. The topological polar surface area (TPSA) is 49.4 Å². The predicted molar refractivity (Wildman–Crippen MR) is 77.7 cm³/mol. The Hall–Kier alpha value is -1.84. The SMILES string of the molecule is CCCN1C(=O)C(C)(C2CC2)NC(=O)c2ccccc21. The van der Waals surface area contributed by atoms with Crippen LogP contribution in [0.5, 0.6) is 0 Å². The molecule has 0 bridgehead atoms. The van der Waals surface area contributed by atoms with Gasteiger partial charge in [0, 0.05) is 6.54 Å². The van der Waals surface area contributed by atoms with Gasteiger partial charge in [0.25, 0.3) is 11.8 Å². The summed E-state index contributed by atoms with van der Waals surface area (Å²) in [4.78, 5) is 27.2. The smallest absolute Gasteiger partial charge is 0.254 e. The average molecular weight is 272 g/mol. The van der Waals surface area contributed by atoms with Crippen molar-refractivity contribution in [2.24, 2.45) is 5.92 Å². The molecule has 0 spiro atoms. The number of carbonyl (C=O) groups is 2. The molecule has 106 valence electrons. The van der Waals surface area contributed by atoms with Crippen LogP contribution in [0, 0.1) is 5.92 Å². The summed E-state index contributed by atoms with van der Waals surface area (Å²) in [6.45, 7) is 4.57. The number of hydrogen-bond acceptors (Lipinski definition) is 2. The number of nitrogens with zero attached hydrogens (tertiary/aromatic N) is 1. The quantitative estimate of drug-likeness (QED) is 0.918. The van der Waals surface area contributed by atoms with Crippen molar-refractivity contribution in [3.05, 3.63) is 29.8 Å². The van der Waals surface area contributed by atoms with E-state index in [-0.39, 0.29) is 17.7 Å². The van der Waals surface area contributed by atoms with Crippen molar-refractivity contribution >= 4 is 17.5 Å². The van der Waals surface area contributed by atoms with Gasteiger partial charge in [-0.3, -0.25) is 9.59 Å². The Kier molecular flexibility index (Phi) is 3.04. The summed E-state index contributed by atoms with van der Waals surface area (Å²) in [5.41, 5.74) is 0.575. The van der Waals surface area contributed by atoms with Crippen LogP contribution < -0.4 is 10.2 Å². The van der Waals surface area contributed by atoms with Crippen molar-refractivity contribution in [2.45, 2.75) is 38.6 Å². The van der Waals surface area contributed by atoms with Crippen LogP contribution in [0.15, 0.2) is 24.3 Å². The van der Waals surface area contributed by atoms with Gasteiger partial charge in [-0.2, -0.15) is 0 Å². The van der Waals surface area contributed by atoms with Gasteiger partial charge < -0.3 is 10.2 Å². The van der Waals surface area contributed by atoms with Crippen molar-refractivity contribution in [3.8, 4) is 0 Å². The van der Waals surface area contributed by atoms with Crippen LogP contribution in [0.2, 0.25) is 0 Å². The molecule has 1 aliphatic heterocycles. The van der Waals surface area contributed by atoms with Gasteiger partial charge in [-0.25, -0.2) is 0 Å². The van der Waals surface area contributed by atoms with E-state index in [0.717, 1.165) is 24.9 Å². The van der Waals surface area contributed by atoms with Gasteiger partial charge in [0.05, 0.1) is 11.3 Å². The summed E-state index contributed by atoms with van der Waals surface area (Å²) in [6, 6.07) is 7.37. The van der Waals surface area contributed by atoms with Crippen molar-refractivity contribution in [2.75, 3.05) is 11.4 Å². The van der Waals surface area contributed by atoms with E-state index >= 15 is 0 Å². The Morgan fingerprint density at radius 3 is 2.65 bits per heavy atom. The summed E-state index contributed by atoms with van der Waals surface area (Å²) in [7, 11) is 0. The molecule has 2 aliphatic rings. The predicted octanol–water partition coefficient (Wildman–Crippen LogP) is 2.34. The average Bonchev–Trinajstić information content (AvgIpc) is 3.28. The lowest BCUT2D eigenvalue weighted by Gasteiger charge is -2.32. The lowest BCUT2D eigenvalue weighted by Crippen LogP contribution is -2.57. The van der Waals surface area contributed by atoms with Crippen LogP contribution in [0.3, 0.4) is 0 Å². The Balaban J connectivity index is 2.11. The number of rotatable bonds is 3. The maximum atomic E-state index is 13.0. The number of nitrogens with one attached hydrogen (secondary N) is 1. The maximum Gasteiger partial charge on any atom is 0.254 e. The number of para-hydroxylation sites is 1. The van der Waals surface area contributed by atoms with Gasteiger partial charge in [0.15, 0.2) is 0 Å². The molecule has 1 aromatic rings. The summed E-state index contributed by atoms with van der Waals surface area (Å²) in [6.07, 6.45) is 2.90. The minimum absolute atomic E-state index is 0.0279. The van der Waals surface area contributed by atoms with Crippen LogP contribution >= 0.6 is 0 Å². The molecule has 1 aliphatic carbocycles. The molecule has 4 heteroatoms. The molecular weight excluding hydrogens is 252 g/mol. The molecule has 1 N–H and O–H groups in total. The summed E-state index contributed by atoms with van der Waals surface area (Å²) in [5, 5.41) is 2.98. The Bertz CT molecular complexity index is 565. The highest BCUT2D eigenvalue weighted by molar-refractivity contribution is 6.12. The molecule has 1 aromatic carbocycles. The van der Waals surface area contributed by atoms with Crippen LogP contribution in [0.4, 0.5) is 5.69 Å². The molecule has 20 heavy (non-hydrogen) atoms. The second-order valence-electron chi connectivity index (χ2n) is 5.90. The monoisotopic (exact) mass is 272 g/mol. The standard InChI is InChI=1S/C16H20N2O2/c1-3-10-18-13-7-5-4-6-12(13)14(19)17-16(2,15(18)20)11-8-9-11/h4-7,11H,3,8-10H2,1-2H3,(H,17,19). The molecule has 0 aromatic heterocycles. The van der Waals surface area contributed by atoms with Gasteiger partial charge in [-0.15, -0.1) is 0 Å². The van der Waals surface area contributed by atoms with E-state index in [1.165, 1.54) is 0 Å². The summed E-state index contributed by atoms with van der Waals surface area (Å²) in [5.74, 6) is 0.162. The van der Waals surface area contributed by atoms with E-state index in [0.29, 0.717) is 12.1 Å². The maximum absolute atomic E-state index is 13.0. The first-order valence-electron chi connectivity index (χ1n) is 7.31. The van der Waals surface area contributed by atoms with Gasteiger partial charge in [-0.05, 0) is 44.2 Å². The van der Waals surface area contributed by atoms with Gasteiger partial charge in [-0.1, -0.05) is 19.1 Å². The second kappa shape index (κ2) is 4.62. The zero-order chi connectivity index (χ0) is 14.3. The Morgan fingerprint density at radius 1 is 1.30 bits per heavy atom. The first-order valence-corrected chi connectivity index (χ1v) is 7.31. The van der Waals surface area contributed by atoms with Gasteiger partial charge >= 0.3 is 0 Å². The Morgan fingerprint density at radius 2 is 2.00 bits per heavy atom. The molecule has 0 radical (unpaired) electrons. The van der Waals surface area contributed by atoms with E-state index in [2.05, 4.69) is 5.32 Å². The zero-order valence-electron chi connectivity index (χ0n) is 12.0. The highest BCUT2D eigenvalue weighted by Gasteiger charge is 2.51. The molecule has 1 heterocycles. The first-order chi connectivity index (χ1) is 9.58. The van der Waals surface area contributed by atoms with Gasteiger partial charge in [0.2, 0.25) is 0 Å². The third kappa shape index (κ3) is 1.90. The van der Waals surface area contributed by atoms with Gasteiger partial charge in [0.1, 0.15) is 5.54 Å².